The van der Waals surface area contributed by atoms with Gasteiger partial charge in [-0.1, -0.05) is 18.2 Å². The number of hydrogen-bond acceptors (Lipinski definition) is 4. The van der Waals surface area contributed by atoms with E-state index in [0.29, 0.717) is 13.0 Å². The predicted molar refractivity (Wildman–Crippen MR) is 81.5 cm³/mol. The summed E-state index contributed by atoms with van der Waals surface area (Å²) in [5.41, 5.74) is 0.844. The zero-order valence-corrected chi connectivity index (χ0v) is 12.7. The Bertz CT molecular complexity index is 505. The molecule has 7 heteroatoms. The number of anilines is 1. The molecule has 7 nitrogen and oxygen atoms in total. The van der Waals surface area contributed by atoms with Gasteiger partial charge in [-0.25, -0.2) is 4.79 Å². The third-order valence-corrected chi connectivity index (χ3v) is 3.48. The molecule has 0 saturated carbocycles. The summed E-state index contributed by atoms with van der Waals surface area (Å²) >= 11 is 0. The molecule has 120 valence electrons. The normalized spacial score (nSPS) is 17.9. The van der Waals surface area contributed by atoms with Crippen molar-refractivity contribution in [3.05, 3.63) is 30.3 Å². The summed E-state index contributed by atoms with van der Waals surface area (Å²) in [4.78, 5) is 25.5. The smallest absolute Gasteiger partial charge is 0.315 e. The van der Waals surface area contributed by atoms with E-state index in [-0.39, 0.29) is 24.5 Å². The van der Waals surface area contributed by atoms with Crippen LogP contribution in [0.2, 0.25) is 0 Å². The minimum atomic E-state index is -0.489. The summed E-state index contributed by atoms with van der Waals surface area (Å²) < 4.78 is 9.97. The van der Waals surface area contributed by atoms with Gasteiger partial charge in [0.25, 0.3) is 0 Å². The van der Waals surface area contributed by atoms with Crippen molar-refractivity contribution < 1.29 is 19.1 Å². The van der Waals surface area contributed by atoms with Crippen LogP contribution in [0.25, 0.3) is 0 Å². The van der Waals surface area contributed by atoms with Crippen molar-refractivity contribution >= 4 is 17.6 Å². The SMILES string of the molecule is COC(CNC(=O)N[C@@H]1CC(=O)N(c2ccccc2)C1)OC. The monoisotopic (exact) mass is 307 g/mol. The van der Waals surface area contributed by atoms with Crippen molar-refractivity contribution in [3.63, 3.8) is 0 Å². The maximum atomic E-state index is 12.0. The molecule has 0 bridgehead atoms. The molecule has 3 amide bonds. The van der Waals surface area contributed by atoms with Crippen LogP contribution in [0.5, 0.6) is 0 Å². The second-order valence-corrected chi connectivity index (χ2v) is 5.00. The first kappa shape index (κ1) is 16.3. The number of rotatable bonds is 6. The van der Waals surface area contributed by atoms with Crippen LogP contribution in [-0.4, -0.2) is 51.6 Å². The average molecular weight is 307 g/mol. The number of carbonyl (C=O) groups excluding carboxylic acids is 2. The lowest BCUT2D eigenvalue weighted by Gasteiger charge is -2.18. The second kappa shape index (κ2) is 7.77. The van der Waals surface area contributed by atoms with E-state index in [1.165, 1.54) is 14.2 Å². The summed E-state index contributed by atoms with van der Waals surface area (Å²) in [6.45, 7) is 0.705. The van der Waals surface area contributed by atoms with Gasteiger partial charge in [0.05, 0.1) is 12.6 Å². The van der Waals surface area contributed by atoms with Gasteiger partial charge >= 0.3 is 6.03 Å². The number of para-hydroxylation sites is 1. The molecule has 0 aromatic heterocycles. The highest BCUT2D eigenvalue weighted by atomic mass is 16.7. The van der Waals surface area contributed by atoms with E-state index in [9.17, 15) is 9.59 Å². The number of carbonyl (C=O) groups is 2. The number of amides is 3. The molecule has 2 rings (SSSR count). The molecule has 1 aromatic rings. The Morgan fingerprint density at radius 3 is 2.64 bits per heavy atom. The van der Waals surface area contributed by atoms with Crippen LogP contribution in [0.1, 0.15) is 6.42 Å². The molecule has 1 aromatic carbocycles. The van der Waals surface area contributed by atoms with Crippen LogP contribution < -0.4 is 15.5 Å². The summed E-state index contributed by atoms with van der Waals surface area (Å²) in [5, 5.41) is 5.44. The van der Waals surface area contributed by atoms with Crippen LogP contribution >= 0.6 is 0 Å². The molecule has 0 unspecified atom stereocenters. The number of ether oxygens (including phenoxy) is 2. The van der Waals surface area contributed by atoms with Crippen LogP contribution in [-0.2, 0) is 14.3 Å². The van der Waals surface area contributed by atoms with E-state index in [2.05, 4.69) is 10.6 Å². The Morgan fingerprint density at radius 2 is 2.00 bits per heavy atom. The van der Waals surface area contributed by atoms with E-state index < -0.39 is 6.29 Å². The fourth-order valence-corrected chi connectivity index (χ4v) is 2.34. The van der Waals surface area contributed by atoms with Crippen LogP contribution in [0.3, 0.4) is 0 Å². The highest BCUT2D eigenvalue weighted by Gasteiger charge is 2.31. The highest BCUT2D eigenvalue weighted by molar-refractivity contribution is 5.96. The van der Waals surface area contributed by atoms with E-state index in [4.69, 9.17) is 9.47 Å². The molecule has 22 heavy (non-hydrogen) atoms. The van der Waals surface area contributed by atoms with E-state index >= 15 is 0 Å². The number of urea groups is 1. The number of nitrogens with zero attached hydrogens (tertiary/aromatic N) is 1. The Balaban J connectivity index is 1.82. The lowest BCUT2D eigenvalue weighted by Crippen LogP contribution is -2.46. The number of benzene rings is 1. The minimum Gasteiger partial charge on any atom is -0.354 e. The van der Waals surface area contributed by atoms with Gasteiger partial charge in [0, 0.05) is 32.9 Å². The van der Waals surface area contributed by atoms with Gasteiger partial charge in [0.2, 0.25) is 5.91 Å². The Hall–Kier alpha value is -2.12. The molecule has 0 aliphatic carbocycles. The van der Waals surface area contributed by atoms with Crippen molar-refractivity contribution in [2.24, 2.45) is 0 Å². The molecular weight excluding hydrogens is 286 g/mol. The molecule has 1 aliphatic heterocycles. The van der Waals surface area contributed by atoms with Gasteiger partial charge in [-0.05, 0) is 12.1 Å². The summed E-state index contributed by atoms with van der Waals surface area (Å²) in [6.07, 6.45) is -0.197. The Kier molecular flexibility index (Phi) is 5.74. The van der Waals surface area contributed by atoms with Gasteiger partial charge in [0.15, 0.2) is 6.29 Å². The van der Waals surface area contributed by atoms with Gasteiger partial charge in [0.1, 0.15) is 0 Å². The zero-order valence-electron chi connectivity index (χ0n) is 12.7. The standard InChI is InChI=1S/C15H21N3O4/c1-21-14(22-2)9-16-15(20)17-11-8-13(19)18(10-11)12-6-4-3-5-7-12/h3-7,11,14H,8-10H2,1-2H3,(H2,16,17,20)/t11-/m1/s1. The first-order chi connectivity index (χ1) is 10.6. The summed E-state index contributed by atoms with van der Waals surface area (Å²) in [5.74, 6) is 0.00293. The first-order valence-electron chi connectivity index (χ1n) is 7.09. The number of methoxy groups -OCH3 is 2. The van der Waals surface area contributed by atoms with E-state index in [1.807, 2.05) is 30.3 Å². The maximum absolute atomic E-state index is 12.0. The topological polar surface area (TPSA) is 79.9 Å². The lowest BCUT2D eigenvalue weighted by molar-refractivity contribution is -0.117. The molecule has 1 fully saturated rings. The summed E-state index contributed by atoms with van der Waals surface area (Å²) in [6, 6.07) is 8.86. The number of nitrogens with one attached hydrogen (secondary N) is 2. The molecule has 0 spiro atoms. The Labute approximate surface area is 129 Å². The van der Waals surface area contributed by atoms with E-state index in [1.54, 1.807) is 4.90 Å². The van der Waals surface area contributed by atoms with Crippen molar-refractivity contribution in [1.82, 2.24) is 10.6 Å². The molecule has 1 atom stereocenters. The van der Waals surface area contributed by atoms with Crippen LogP contribution in [0, 0.1) is 0 Å². The molecule has 1 aliphatic rings. The lowest BCUT2D eigenvalue weighted by atomic mass is 10.2. The Morgan fingerprint density at radius 1 is 1.32 bits per heavy atom. The van der Waals surface area contributed by atoms with E-state index in [0.717, 1.165) is 5.69 Å². The van der Waals surface area contributed by atoms with Crippen molar-refractivity contribution in [1.29, 1.82) is 0 Å². The number of hydrogen-bond donors (Lipinski definition) is 2. The summed E-state index contributed by atoms with van der Waals surface area (Å²) in [7, 11) is 3.00. The zero-order chi connectivity index (χ0) is 15.9. The van der Waals surface area contributed by atoms with Gasteiger partial charge in [-0.15, -0.1) is 0 Å². The quantitative estimate of drug-likeness (QED) is 0.759. The van der Waals surface area contributed by atoms with Crippen LogP contribution in [0.4, 0.5) is 10.5 Å². The fourth-order valence-electron chi connectivity index (χ4n) is 2.34. The third-order valence-electron chi connectivity index (χ3n) is 3.48. The minimum absolute atomic E-state index is 0.00293. The predicted octanol–water partition coefficient (Wildman–Crippen LogP) is 0.710. The molecule has 2 N–H and O–H groups in total. The van der Waals surface area contributed by atoms with Crippen molar-refractivity contribution in [2.45, 2.75) is 18.8 Å². The van der Waals surface area contributed by atoms with Crippen LogP contribution in [0.15, 0.2) is 30.3 Å². The van der Waals surface area contributed by atoms with Crippen molar-refractivity contribution in [3.8, 4) is 0 Å². The highest BCUT2D eigenvalue weighted by Crippen LogP contribution is 2.20. The largest absolute Gasteiger partial charge is 0.354 e. The molecule has 1 heterocycles. The van der Waals surface area contributed by atoms with Gasteiger partial charge in [-0.3, -0.25) is 4.79 Å². The molecule has 1 saturated heterocycles. The average Bonchev–Trinajstić information content (AvgIpc) is 2.89. The molecular formula is C15H21N3O4. The maximum Gasteiger partial charge on any atom is 0.315 e. The first-order valence-corrected chi connectivity index (χ1v) is 7.09. The fraction of sp³-hybridized carbons (Fsp3) is 0.467. The van der Waals surface area contributed by atoms with Gasteiger partial charge in [-0.2, -0.15) is 0 Å². The van der Waals surface area contributed by atoms with Gasteiger partial charge < -0.3 is 25.0 Å². The van der Waals surface area contributed by atoms with Crippen molar-refractivity contribution in [2.75, 3.05) is 32.2 Å². The third kappa shape index (κ3) is 4.19. The molecule has 0 radical (unpaired) electrons. The second-order valence-electron chi connectivity index (χ2n) is 5.00.